The molecule has 3 N–H and O–H groups in total. The first-order chi connectivity index (χ1) is 9.34. The number of fused-ring (bicyclic) bond motifs is 1. The van der Waals surface area contributed by atoms with Gasteiger partial charge in [0.1, 0.15) is 18.3 Å². The van der Waals surface area contributed by atoms with Crippen molar-refractivity contribution < 1.29 is 29.2 Å². The minimum absolute atomic E-state index is 0.118. The van der Waals surface area contributed by atoms with Gasteiger partial charge in [0.25, 0.3) is 0 Å². The number of ether oxygens (including phenoxy) is 3. The fraction of sp³-hybridized carbons (Fsp3) is 0.769. The number of hydrogen-bond acceptors (Lipinski definition) is 7. The van der Waals surface area contributed by atoms with E-state index in [1.807, 2.05) is 0 Å². The minimum atomic E-state index is -0.919. The summed E-state index contributed by atoms with van der Waals surface area (Å²) < 4.78 is 16.7. The summed E-state index contributed by atoms with van der Waals surface area (Å²) >= 11 is 0. The Morgan fingerprint density at radius 1 is 1.45 bits per heavy atom. The Morgan fingerprint density at radius 2 is 2.15 bits per heavy atom. The molecule has 0 aromatic rings. The molecule has 0 aromatic carbocycles. The highest BCUT2D eigenvalue weighted by molar-refractivity contribution is 5.87. The van der Waals surface area contributed by atoms with Crippen molar-refractivity contribution in [2.24, 2.45) is 0 Å². The van der Waals surface area contributed by atoms with Crippen LogP contribution in [0.1, 0.15) is 20.8 Å². The van der Waals surface area contributed by atoms with Crippen molar-refractivity contribution in [2.45, 2.75) is 57.2 Å². The van der Waals surface area contributed by atoms with Crippen molar-refractivity contribution in [1.82, 2.24) is 5.32 Å². The molecule has 2 fully saturated rings. The van der Waals surface area contributed by atoms with Crippen molar-refractivity contribution in [2.75, 3.05) is 6.61 Å². The summed E-state index contributed by atoms with van der Waals surface area (Å²) in [5, 5.41) is 22.4. The third kappa shape index (κ3) is 3.18. The van der Waals surface area contributed by atoms with Crippen LogP contribution in [0.5, 0.6) is 0 Å². The quantitative estimate of drug-likeness (QED) is 0.574. The van der Waals surface area contributed by atoms with E-state index in [1.165, 1.54) is 19.2 Å². The predicted octanol–water partition coefficient (Wildman–Crippen LogP) is -0.723. The van der Waals surface area contributed by atoms with Gasteiger partial charge in [-0.2, -0.15) is 0 Å². The molecule has 0 spiro atoms. The molecule has 0 radical (unpaired) electrons. The Labute approximate surface area is 117 Å². The van der Waals surface area contributed by atoms with E-state index in [2.05, 4.69) is 5.32 Å². The first-order valence-corrected chi connectivity index (χ1v) is 6.57. The normalized spacial score (nSPS) is 37.0. The SMILES string of the molecule is CC(=O)/C=C/N[C@H](CO)[C@H]1O[C@@H]2OC(C)(C)O[C@@H]2[C@H]1O. The molecule has 2 heterocycles. The molecule has 114 valence electrons. The maximum absolute atomic E-state index is 10.8. The van der Waals surface area contributed by atoms with Crippen LogP contribution >= 0.6 is 0 Å². The first-order valence-electron chi connectivity index (χ1n) is 6.57. The van der Waals surface area contributed by atoms with E-state index >= 15 is 0 Å². The summed E-state index contributed by atoms with van der Waals surface area (Å²) in [6, 6.07) is -0.554. The lowest BCUT2D eigenvalue weighted by Crippen LogP contribution is -2.48. The zero-order chi connectivity index (χ0) is 14.9. The van der Waals surface area contributed by atoms with E-state index < -0.39 is 36.4 Å². The van der Waals surface area contributed by atoms with Gasteiger partial charge in [-0.15, -0.1) is 0 Å². The number of rotatable bonds is 5. The molecule has 7 nitrogen and oxygen atoms in total. The van der Waals surface area contributed by atoms with Gasteiger partial charge in [-0.1, -0.05) is 0 Å². The lowest BCUT2D eigenvalue weighted by molar-refractivity contribution is -0.218. The Hall–Kier alpha value is -0.990. The Kier molecular flexibility index (Phi) is 4.46. The molecule has 0 amide bonds. The average molecular weight is 287 g/mol. The summed E-state index contributed by atoms with van der Waals surface area (Å²) in [5.41, 5.74) is 0. The van der Waals surface area contributed by atoms with E-state index in [-0.39, 0.29) is 12.4 Å². The number of aliphatic hydroxyl groups is 2. The summed E-state index contributed by atoms with van der Waals surface area (Å²) in [5.74, 6) is -0.912. The second kappa shape index (κ2) is 5.79. The standard InChI is InChI=1S/C13H21NO6/c1-7(16)4-5-14-8(6-15)10-9(17)11-12(18-10)20-13(2,3)19-11/h4-5,8-12,14-15,17H,6H2,1-3H3/b5-4+/t8-,9+,10-,11-,12-/m1/s1. The third-order valence-corrected chi connectivity index (χ3v) is 3.27. The zero-order valence-corrected chi connectivity index (χ0v) is 11.8. The maximum Gasteiger partial charge on any atom is 0.190 e. The molecule has 20 heavy (non-hydrogen) atoms. The van der Waals surface area contributed by atoms with Crippen molar-refractivity contribution in [3.63, 3.8) is 0 Å². The van der Waals surface area contributed by atoms with Gasteiger partial charge >= 0.3 is 0 Å². The largest absolute Gasteiger partial charge is 0.394 e. The molecule has 0 unspecified atom stereocenters. The van der Waals surface area contributed by atoms with E-state index in [9.17, 15) is 15.0 Å². The predicted molar refractivity (Wildman–Crippen MR) is 68.5 cm³/mol. The molecule has 2 aliphatic rings. The number of hydrogen-bond donors (Lipinski definition) is 3. The Balaban J connectivity index is 1.98. The summed E-state index contributed by atoms with van der Waals surface area (Å²) in [6.45, 7) is 4.65. The average Bonchev–Trinajstić information content (AvgIpc) is 2.79. The second-order valence-electron chi connectivity index (χ2n) is 5.46. The lowest BCUT2D eigenvalue weighted by atomic mass is 10.0. The van der Waals surface area contributed by atoms with Gasteiger partial charge in [0, 0.05) is 6.20 Å². The molecule has 7 heteroatoms. The molecule has 2 saturated heterocycles. The number of carbonyl (C=O) groups excluding carboxylic acids is 1. The maximum atomic E-state index is 10.8. The van der Waals surface area contributed by atoms with E-state index in [4.69, 9.17) is 14.2 Å². The molecule has 5 atom stereocenters. The van der Waals surface area contributed by atoms with E-state index in [0.717, 1.165) is 0 Å². The van der Waals surface area contributed by atoms with Gasteiger partial charge in [0.2, 0.25) is 0 Å². The number of aliphatic hydroxyl groups excluding tert-OH is 2. The van der Waals surface area contributed by atoms with Crippen LogP contribution in [-0.4, -0.2) is 59.0 Å². The van der Waals surface area contributed by atoms with Crippen LogP contribution in [-0.2, 0) is 19.0 Å². The summed E-state index contributed by atoms with van der Waals surface area (Å²) in [7, 11) is 0. The van der Waals surface area contributed by atoms with Crippen molar-refractivity contribution in [1.29, 1.82) is 0 Å². The van der Waals surface area contributed by atoms with E-state index in [1.54, 1.807) is 13.8 Å². The summed E-state index contributed by atoms with van der Waals surface area (Å²) in [6.07, 6.45) is -0.0693. The zero-order valence-electron chi connectivity index (χ0n) is 11.8. The number of allylic oxidation sites excluding steroid dienone is 1. The van der Waals surface area contributed by atoms with Gasteiger partial charge < -0.3 is 29.7 Å². The molecule has 0 aromatic heterocycles. The van der Waals surface area contributed by atoms with Gasteiger partial charge in [-0.05, 0) is 26.8 Å². The van der Waals surface area contributed by atoms with Crippen LogP contribution in [0.2, 0.25) is 0 Å². The monoisotopic (exact) mass is 287 g/mol. The van der Waals surface area contributed by atoms with Gasteiger partial charge in [0.15, 0.2) is 17.9 Å². The third-order valence-electron chi connectivity index (χ3n) is 3.27. The highest BCUT2D eigenvalue weighted by Gasteiger charge is 2.55. The van der Waals surface area contributed by atoms with Crippen LogP contribution < -0.4 is 5.32 Å². The van der Waals surface area contributed by atoms with Crippen molar-refractivity contribution in [3.05, 3.63) is 12.3 Å². The van der Waals surface area contributed by atoms with Crippen molar-refractivity contribution in [3.8, 4) is 0 Å². The van der Waals surface area contributed by atoms with E-state index in [0.29, 0.717) is 0 Å². The van der Waals surface area contributed by atoms with Crippen molar-refractivity contribution >= 4 is 5.78 Å². The Morgan fingerprint density at radius 3 is 2.70 bits per heavy atom. The first kappa shape index (κ1) is 15.4. The second-order valence-corrected chi connectivity index (χ2v) is 5.46. The fourth-order valence-electron chi connectivity index (χ4n) is 2.39. The summed E-state index contributed by atoms with van der Waals surface area (Å²) in [4.78, 5) is 10.8. The van der Waals surface area contributed by atoms with Crippen LogP contribution in [0.4, 0.5) is 0 Å². The molecular weight excluding hydrogens is 266 g/mol. The molecule has 0 saturated carbocycles. The van der Waals surface area contributed by atoms with Gasteiger partial charge in [0.05, 0.1) is 12.6 Å². The molecule has 0 bridgehead atoms. The van der Waals surface area contributed by atoms with Crippen LogP contribution in [0.15, 0.2) is 12.3 Å². The minimum Gasteiger partial charge on any atom is -0.394 e. The number of carbonyl (C=O) groups is 1. The highest BCUT2D eigenvalue weighted by Crippen LogP contribution is 2.38. The van der Waals surface area contributed by atoms with Crippen LogP contribution in [0.3, 0.4) is 0 Å². The smallest absolute Gasteiger partial charge is 0.190 e. The molecular formula is C13H21NO6. The van der Waals surface area contributed by atoms with Gasteiger partial charge in [-0.3, -0.25) is 4.79 Å². The number of ketones is 1. The van der Waals surface area contributed by atoms with Gasteiger partial charge in [-0.25, -0.2) is 0 Å². The highest BCUT2D eigenvalue weighted by atomic mass is 16.8. The number of nitrogens with one attached hydrogen (secondary N) is 1. The fourth-order valence-corrected chi connectivity index (χ4v) is 2.39. The molecule has 0 aliphatic carbocycles. The molecule has 2 aliphatic heterocycles. The molecule has 2 rings (SSSR count). The topological polar surface area (TPSA) is 97.3 Å². The Bertz CT molecular complexity index is 396. The lowest BCUT2D eigenvalue weighted by Gasteiger charge is -2.27. The van der Waals surface area contributed by atoms with Crippen LogP contribution in [0, 0.1) is 0 Å². The van der Waals surface area contributed by atoms with Crippen LogP contribution in [0.25, 0.3) is 0 Å².